The highest BCUT2D eigenvalue weighted by molar-refractivity contribution is 5.56. The molecule has 0 aliphatic rings. The summed E-state index contributed by atoms with van der Waals surface area (Å²) in [5.41, 5.74) is 6.92. The number of hydrogen-bond donors (Lipinski definition) is 1. The van der Waals surface area contributed by atoms with Crippen molar-refractivity contribution in [3.63, 3.8) is 0 Å². The Hall–Kier alpha value is -1.32. The molecule has 4 heteroatoms. The minimum atomic E-state index is 0.602. The second-order valence-electron chi connectivity index (χ2n) is 5.00. The van der Waals surface area contributed by atoms with Gasteiger partial charge in [-0.3, -0.25) is 0 Å². The molecule has 0 bridgehead atoms. The third-order valence-corrected chi connectivity index (χ3v) is 2.68. The van der Waals surface area contributed by atoms with Crippen LogP contribution >= 0.6 is 0 Å². The van der Waals surface area contributed by atoms with Crippen LogP contribution < -0.4 is 10.6 Å². The van der Waals surface area contributed by atoms with Crippen LogP contribution in [0, 0.1) is 12.8 Å². The van der Waals surface area contributed by atoms with Crippen molar-refractivity contribution in [2.45, 2.75) is 40.5 Å². The van der Waals surface area contributed by atoms with Crippen LogP contribution in [0.25, 0.3) is 0 Å². The first kappa shape index (κ1) is 13.7. The highest BCUT2D eigenvalue weighted by Gasteiger charge is 2.13. The molecule has 96 valence electrons. The number of aromatic nitrogens is 2. The van der Waals surface area contributed by atoms with Gasteiger partial charge in [-0.15, -0.1) is 0 Å². The number of rotatable bonds is 5. The van der Waals surface area contributed by atoms with Crippen LogP contribution in [0.15, 0.2) is 0 Å². The summed E-state index contributed by atoms with van der Waals surface area (Å²) in [6.07, 6.45) is 1.92. The van der Waals surface area contributed by atoms with Gasteiger partial charge in [0.2, 0.25) is 0 Å². The number of aryl methyl sites for hydroxylation is 1. The highest BCUT2D eigenvalue weighted by Crippen LogP contribution is 2.21. The maximum atomic E-state index is 5.94. The Balaban J connectivity index is 3.04. The summed E-state index contributed by atoms with van der Waals surface area (Å²) in [6.45, 7) is 9.48. The molecule has 1 rings (SSSR count). The number of anilines is 2. The second-order valence-corrected chi connectivity index (χ2v) is 5.00. The third-order valence-electron chi connectivity index (χ3n) is 2.68. The van der Waals surface area contributed by atoms with E-state index in [0.717, 1.165) is 36.6 Å². The molecule has 0 unspecified atom stereocenters. The van der Waals surface area contributed by atoms with Gasteiger partial charge in [0.25, 0.3) is 0 Å². The Morgan fingerprint density at radius 1 is 1.29 bits per heavy atom. The molecule has 0 aromatic carbocycles. The van der Waals surface area contributed by atoms with Gasteiger partial charge >= 0.3 is 0 Å². The maximum Gasteiger partial charge on any atom is 0.137 e. The normalized spacial score (nSPS) is 10.9. The fraction of sp³-hybridized carbons (Fsp3) is 0.692. The van der Waals surface area contributed by atoms with Crippen LogP contribution in [0.5, 0.6) is 0 Å². The first-order valence-corrected chi connectivity index (χ1v) is 6.29. The lowest BCUT2D eigenvalue weighted by Gasteiger charge is -2.23. The van der Waals surface area contributed by atoms with Gasteiger partial charge in [-0.25, -0.2) is 9.97 Å². The molecule has 0 aliphatic carbocycles. The van der Waals surface area contributed by atoms with Crippen LogP contribution in [-0.2, 0) is 6.42 Å². The smallest absolute Gasteiger partial charge is 0.137 e. The van der Waals surface area contributed by atoms with Crippen molar-refractivity contribution in [1.29, 1.82) is 0 Å². The van der Waals surface area contributed by atoms with Crippen LogP contribution in [0.1, 0.15) is 38.6 Å². The molecule has 1 aromatic heterocycles. The average Bonchev–Trinajstić information content (AvgIpc) is 2.22. The molecule has 0 fully saturated rings. The fourth-order valence-electron chi connectivity index (χ4n) is 1.91. The van der Waals surface area contributed by atoms with Gasteiger partial charge in [0.05, 0.1) is 0 Å². The Morgan fingerprint density at radius 2 is 1.94 bits per heavy atom. The Kier molecular flexibility index (Phi) is 4.73. The first-order chi connectivity index (χ1) is 7.95. The molecule has 4 nitrogen and oxygen atoms in total. The topological polar surface area (TPSA) is 55.0 Å². The van der Waals surface area contributed by atoms with E-state index >= 15 is 0 Å². The van der Waals surface area contributed by atoms with E-state index in [2.05, 4.69) is 42.7 Å². The van der Waals surface area contributed by atoms with Gasteiger partial charge in [0.15, 0.2) is 0 Å². The van der Waals surface area contributed by atoms with E-state index in [-0.39, 0.29) is 0 Å². The van der Waals surface area contributed by atoms with Gasteiger partial charge in [0.1, 0.15) is 17.5 Å². The Bertz CT molecular complexity index is 374. The van der Waals surface area contributed by atoms with E-state index in [1.54, 1.807) is 0 Å². The molecule has 0 aliphatic heterocycles. The van der Waals surface area contributed by atoms with E-state index in [1.807, 2.05) is 6.92 Å². The molecule has 0 saturated heterocycles. The largest absolute Gasteiger partial charge is 0.383 e. The summed E-state index contributed by atoms with van der Waals surface area (Å²) >= 11 is 0. The van der Waals surface area contributed by atoms with E-state index in [9.17, 15) is 0 Å². The molecule has 0 saturated carbocycles. The first-order valence-electron chi connectivity index (χ1n) is 6.29. The van der Waals surface area contributed by atoms with Gasteiger partial charge in [-0.1, -0.05) is 20.8 Å². The summed E-state index contributed by atoms with van der Waals surface area (Å²) < 4.78 is 0. The molecular formula is C13H24N4. The standard InChI is InChI=1S/C13H24N4/c1-6-7-11-15-12(14)10(4)13(16-11)17(5)8-9(2)3/h9H,6-8H2,1-5H3,(H2,14,15,16). The van der Waals surface area contributed by atoms with Crippen molar-refractivity contribution in [1.82, 2.24) is 9.97 Å². The van der Waals surface area contributed by atoms with Crippen LogP contribution in [-0.4, -0.2) is 23.6 Å². The van der Waals surface area contributed by atoms with Crippen LogP contribution in [0.3, 0.4) is 0 Å². The Labute approximate surface area is 104 Å². The third kappa shape index (κ3) is 3.58. The zero-order chi connectivity index (χ0) is 13.0. The minimum absolute atomic E-state index is 0.602. The van der Waals surface area contributed by atoms with Crippen molar-refractivity contribution < 1.29 is 0 Å². The SMILES string of the molecule is CCCc1nc(N)c(C)c(N(C)CC(C)C)n1. The van der Waals surface area contributed by atoms with Gasteiger partial charge in [-0.2, -0.15) is 0 Å². The molecule has 0 amide bonds. The second kappa shape index (κ2) is 5.84. The van der Waals surface area contributed by atoms with Crippen molar-refractivity contribution in [3.05, 3.63) is 11.4 Å². The zero-order valence-electron chi connectivity index (χ0n) is 11.6. The Morgan fingerprint density at radius 3 is 2.47 bits per heavy atom. The van der Waals surface area contributed by atoms with E-state index < -0.39 is 0 Å². The average molecular weight is 236 g/mol. The number of nitrogens with zero attached hydrogens (tertiary/aromatic N) is 3. The summed E-state index contributed by atoms with van der Waals surface area (Å²) in [5.74, 6) is 3.02. The molecule has 2 N–H and O–H groups in total. The van der Waals surface area contributed by atoms with Crippen molar-refractivity contribution in [2.24, 2.45) is 5.92 Å². The summed E-state index contributed by atoms with van der Waals surface area (Å²) in [5, 5.41) is 0. The van der Waals surface area contributed by atoms with Crippen molar-refractivity contribution in [2.75, 3.05) is 24.2 Å². The van der Waals surface area contributed by atoms with Gasteiger partial charge < -0.3 is 10.6 Å². The number of nitrogens with two attached hydrogens (primary N) is 1. The molecule has 17 heavy (non-hydrogen) atoms. The minimum Gasteiger partial charge on any atom is -0.383 e. The molecule has 0 spiro atoms. The zero-order valence-corrected chi connectivity index (χ0v) is 11.6. The van der Waals surface area contributed by atoms with E-state index in [0.29, 0.717) is 11.7 Å². The van der Waals surface area contributed by atoms with Crippen LogP contribution in [0.4, 0.5) is 11.6 Å². The highest BCUT2D eigenvalue weighted by atomic mass is 15.2. The number of hydrogen-bond acceptors (Lipinski definition) is 4. The molecule has 1 aromatic rings. The lowest BCUT2D eigenvalue weighted by molar-refractivity contribution is 0.631. The maximum absolute atomic E-state index is 5.94. The molecule has 0 radical (unpaired) electrons. The van der Waals surface area contributed by atoms with Crippen LogP contribution in [0.2, 0.25) is 0 Å². The van der Waals surface area contributed by atoms with Gasteiger partial charge in [0, 0.05) is 25.6 Å². The fourth-order valence-corrected chi connectivity index (χ4v) is 1.91. The molecule has 0 atom stereocenters. The number of nitrogen functional groups attached to an aromatic ring is 1. The monoisotopic (exact) mass is 236 g/mol. The summed E-state index contributed by atoms with van der Waals surface area (Å²) in [4.78, 5) is 11.1. The summed E-state index contributed by atoms with van der Waals surface area (Å²) in [6, 6.07) is 0. The lowest BCUT2D eigenvalue weighted by Crippen LogP contribution is -2.25. The van der Waals surface area contributed by atoms with Crippen molar-refractivity contribution >= 4 is 11.6 Å². The predicted octanol–water partition coefficient (Wildman–Crippen LogP) is 2.41. The summed E-state index contributed by atoms with van der Waals surface area (Å²) in [7, 11) is 2.06. The predicted molar refractivity (Wildman–Crippen MR) is 73.3 cm³/mol. The quantitative estimate of drug-likeness (QED) is 0.853. The van der Waals surface area contributed by atoms with Crippen molar-refractivity contribution in [3.8, 4) is 0 Å². The molecule has 1 heterocycles. The lowest BCUT2D eigenvalue weighted by atomic mass is 10.2. The van der Waals surface area contributed by atoms with E-state index in [4.69, 9.17) is 5.73 Å². The van der Waals surface area contributed by atoms with Gasteiger partial charge in [-0.05, 0) is 19.3 Å². The van der Waals surface area contributed by atoms with E-state index in [1.165, 1.54) is 0 Å². The molecular weight excluding hydrogens is 212 g/mol.